The van der Waals surface area contributed by atoms with Gasteiger partial charge in [0.15, 0.2) is 0 Å². The summed E-state index contributed by atoms with van der Waals surface area (Å²) in [4.78, 5) is 2.51. The van der Waals surface area contributed by atoms with E-state index in [1.807, 2.05) is 0 Å². The predicted molar refractivity (Wildman–Crippen MR) is 77.9 cm³/mol. The quantitative estimate of drug-likeness (QED) is 0.557. The third kappa shape index (κ3) is 7.32. The van der Waals surface area contributed by atoms with Crippen molar-refractivity contribution >= 4 is 12.6 Å². The highest BCUT2D eigenvalue weighted by molar-refractivity contribution is 7.80. The topological polar surface area (TPSA) is 12.5 Å². The molecule has 1 aliphatic heterocycles. The second-order valence-corrected chi connectivity index (χ2v) is 6.64. The maximum absolute atomic E-state index is 5.94. The summed E-state index contributed by atoms with van der Waals surface area (Å²) in [5.41, 5.74) is 0. The molecular weight excluding hydrogens is 230 g/mol. The number of ether oxygens (including phenoxy) is 1. The minimum Gasteiger partial charge on any atom is -0.378 e. The standard InChI is InChI=1S/C14H29NOS/c1-12(2)5-4-10-16-14-6-8-15(9-7-14)11-13(3)17/h12-14,17H,4-11H2,1-3H3. The average molecular weight is 259 g/mol. The van der Waals surface area contributed by atoms with Crippen molar-refractivity contribution in [1.82, 2.24) is 4.90 Å². The van der Waals surface area contributed by atoms with Crippen LogP contribution in [0.25, 0.3) is 0 Å². The minimum atomic E-state index is 0.485. The zero-order valence-electron chi connectivity index (χ0n) is 11.7. The Bertz CT molecular complexity index is 186. The Morgan fingerprint density at radius 3 is 2.41 bits per heavy atom. The Balaban J connectivity index is 2.03. The summed E-state index contributed by atoms with van der Waals surface area (Å²) in [6, 6.07) is 0. The fourth-order valence-electron chi connectivity index (χ4n) is 2.37. The fraction of sp³-hybridized carbons (Fsp3) is 1.00. The Morgan fingerprint density at radius 2 is 1.88 bits per heavy atom. The lowest BCUT2D eigenvalue weighted by Gasteiger charge is -2.32. The first kappa shape index (κ1) is 15.3. The molecule has 1 atom stereocenters. The second kappa shape index (κ2) is 8.39. The van der Waals surface area contributed by atoms with Crippen molar-refractivity contribution in [1.29, 1.82) is 0 Å². The molecule has 0 aromatic carbocycles. The third-order valence-corrected chi connectivity index (χ3v) is 3.50. The lowest BCUT2D eigenvalue weighted by atomic mass is 10.1. The summed E-state index contributed by atoms with van der Waals surface area (Å²) in [5.74, 6) is 0.803. The molecule has 0 radical (unpaired) electrons. The van der Waals surface area contributed by atoms with Crippen LogP contribution in [0.3, 0.4) is 0 Å². The van der Waals surface area contributed by atoms with Gasteiger partial charge >= 0.3 is 0 Å². The predicted octanol–water partition coefficient (Wildman–Crippen LogP) is 3.22. The van der Waals surface area contributed by atoms with E-state index in [9.17, 15) is 0 Å². The van der Waals surface area contributed by atoms with Crippen LogP contribution in [0.5, 0.6) is 0 Å². The van der Waals surface area contributed by atoms with Crippen molar-refractivity contribution in [3.8, 4) is 0 Å². The van der Waals surface area contributed by atoms with E-state index in [0.717, 1.165) is 19.1 Å². The van der Waals surface area contributed by atoms with Crippen molar-refractivity contribution in [2.75, 3.05) is 26.2 Å². The van der Waals surface area contributed by atoms with Gasteiger partial charge in [0.2, 0.25) is 0 Å². The first-order valence-corrected chi connectivity index (χ1v) is 7.61. The molecule has 102 valence electrons. The van der Waals surface area contributed by atoms with Crippen molar-refractivity contribution in [2.45, 2.75) is 57.8 Å². The van der Waals surface area contributed by atoms with Gasteiger partial charge in [-0.1, -0.05) is 20.8 Å². The Morgan fingerprint density at radius 1 is 1.24 bits per heavy atom. The molecule has 17 heavy (non-hydrogen) atoms. The first-order valence-electron chi connectivity index (χ1n) is 7.10. The summed E-state index contributed by atoms with van der Waals surface area (Å²) >= 11 is 4.45. The molecule has 1 aliphatic rings. The molecule has 0 saturated carbocycles. The molecule has 0 aromatic rings. The van der Waals surface area contributed by atoms with Gasteiger partial charge in [-0.3, -0.25) is 0 Å². The van der Waals surface area contributed by atoms with Gasteiger partial charge < -0.3 is 9.64 Å². The average Bonchev–Trinajstić information content (AvgIpc) is 2.25. The van der Waals surface area contributed by atoms with E-state index < -0.39 is 0 Å². The van der Waals surface area contributed by atoms with Gasteiger partial charge in [-0.15, -0.1) is 0 Å². The summed E-state index contributed by atoms with van der Waals surface area (Å²) in [7, 11) is 0. The lowest BCUT2D eigenvalue weighted by Crippen LogP contribution is -2.39. The molecule has 2 nitrogen and oxygen atoms in total. The van der Waals surface area contributed by atoms with Gasteiger partial charge in [0, 0.05) is 31.5 Å². The molecule has 1 unspecified atom stereocenters. The maximum atomic E-state index is 5.94. The monoisotopic (exact) mass is 259 g/mol. The summed E-state index contributed by atoms with van der Waals surface area (Å²) < 4.78 is 5.94. The number of rotatable bonds is 7. The van der Waals surface area contributed by atoms with Crippen LogP contribution in [0.2, 0.25) is 0 Å². The molecule has 0 aliphatic carbocycles. The zero-order valence-corrected chi connectivity index (χ0v) is 12.6. The Labute approximate surface area is 113 Å². The van der Waals surface area contributed by atoms with Crippen LogP contribution in [0, 0.1) is 5.92 Å². The lowest BCUT2D eigenvalue weighted by molar-refractivity contribution is 0.00553. The van der Waals surface area contributed by atoms with Gasteiger partial charge in [0.1, 0.15) is 0 Å². The van der Waals surface area contributed by atoms with Crippen molar-refractivity contribution in [2.24, 2.45) is 5.92 Å². The minimum absolute atomic E-state index is 0.485. The molecule has 0 aromatic heterocycles. The Hall–Kier alpha value is 0.270. The van der Waals surface area contributed by atoms with Crippen LogP contribution in [0.15, 0.2) is 0 Å². The van der Waals surface area contributed by atoms with E-state index in [0.29, 0.717) is 11.4 Å². The third-order valence-electron chi connectivity index (χ3n) is 3.34. The smallest absolute Gasteiger partial charge is 0.0599 e. The van der Waals surface area contributed by atoms with E-state index in [1.54, 1.807) is 0 Å². The number of hydrogen-bond donors (Lipinski definition) is 1. The largest absolute Gasteiger partial charge is 0.378 e. The molecule has 0 N–H and O–H groups in total. The zero-order chi connectivity index (χ0) is 12.7. The van der Waals surface area contributed by atoms with Gasteiger partial charge in [-0.2, -0.15) is 12.6 Å². The van der Waals surface area contributed by atoms with Crippen LogP contribution >= 0.6 is 12.6 Å². The molecule has 0 spiro atoms. The number of thiol groups is 1. The highest BCUT2D eigenvalue weighted by Gasteiger charge is 2.19. The van der Waals surface area contributed by atoms with Gasteiger partial charge in [0.05, 0.1) is 6.10 Å². The molecular formula is C14H29NOS. The number of hydrogen-bond acceptors (Lipinski definition) is 3. The molecule has 1 fully saturated rings. The van der Waals surface area contributed by atoms with E-state index in [4.69, 9.17) is 4.74 Å². The normalized spacial score (nSPS) is 21.0. The van der Waals surface area contributed by atoms with Gasteiger partial charge in [0.25, 0.3) is 0 Å². The van der Waals surface area contributed by atoms with E-state index in [2.05, 4.69) is 38.3 Å². The van der Waals surface area contributed by atoms with Crippen LogP contribution in [0.1, 0.15) is 46.5 Å². The fourth-order valence-corrected chi connectivity index (χ4v) is 2.60. The van der Waals surface area contributed by atoms with Crippen molar-refractivity contribution < 1.29 is 4.74 Å². The van der Waals surface area contributed by atoms with Crippen LogP contribution < -0.4 is 0 Å². The maximum Gasteiger partial charge on any atom is 0.0599 e. The number of nitrogens with zero attached hydrogens (tertiary/aromatic N) is 1. The van der Waals surface area contributed by atoms with E-state index in [1.165, 1.54) is 38.8 Å². The molecule has 1 heterocycles. The molecule has 0 amide bonds. The van der Waals surface area contributed by atoms with Crippen LogP contribution in [-0.4, -0.2) is 42.5 Å². The van der Waals surface area contributed by atoms with Crippen molar-refractivity contribution in [3.63, 3.8) is 0 Å². The van der Waals surface area contributed by atoms with Gasteiger partial charge in [-0.05, 0) is 31.6 Å². The number of likely N-dealkylation sites (tertiary alicyclic amines) is 1. The molecule has 0 bridgehead atoms. The van der Waals surface area contributed by atoms with Crippen LogP contribution in [0.4, 0.5) is 0 Å². The SMILES string of the molecule is CC(C)CCCOC1CCN(CC(C)S)CC1. The van der Waals surface area contributed by atoms with E-state index in [-0.39, 0.29) is 0 Å². The first-order chi connectivity index (χ1) is 8.08. The molecule has 1 rings (SSSR count). The summed E-state index contributed by atoms with van der Waals surface area (Å²) in [6.45, 7) is 11.1. The second-order valence-electron chi connectivity index (χ2n) is 5.76. The van der Waals surface area contributed by atoms with Gasteiger partial charge in [-0.25, -0.2) is 0 Å². The molecule has 1 saturated heterocycles. The summed E-state index contributed by atoms with van der Waals surface area (Å²) in [5, 5.41) is 0.485. The Kier molecular flexibility index (Phi) is 7.56. The summed E-state index contributed by atoms with van der Waals surface area (Å²) in [6.07, 6.45) is 5.40. The van der Waals surface area contributed by atoms with E-state index >= 15 is 0 Å². The van der Waals surface area contributed by atoms with Crippen LogP contribution in [-0.2, 0) is 4.74 Å². The number of piperidine rings is 1. The molecule has 3 heteroatoms. The highest BCUT2D eigenvalue weighted by atomic mass is 32.1. The highest BCUT2D eigenvalue weighted by Crippen LogP contribution is 2.15. The van der Waals surface area contributed by atoms with Crippen molar-refractivity contribution in [3.05, 3.63) is 0 Å².